The monoisotopic (exact) mass is 460 g/mol. The summed E-state index contributed by atoms with van der Waals surface area (Å²) in [6.45, 7) is 0. The summed E-state index contributed by atoms with van der Waals surface area (Å²) in [7, 11) is 5.21. The molecule has 1 fully saturated rings. The summed E-state index contributed by atoms with van der Waals surface area (Å²) < 4.78 is 19.8. The summed E-state index contributed by atoms with van der Waals surface area (Å²) >= 11 is 0. The molecule has 1 aliphatic rings. The van der Waals surface area contributed by atoms with Gasteiger partial charge in [0.2, 0.25) is 0 Å². The van der Waals surface area contributed by atoms with Crippen molar-refractivity contribution in [2.24, 2.45) is 5.92 Å². The lowest BCUT2D eigenvalue weighted by molar-refractivity contribution is 0.0274. The first-order valence-electron chi connectivity index (χ1n) is 11.7. The van der Waals surface area contributed by atoms with Crippen LogP contribution in [0.25, 0.3) is 21.9 Å². The SMILES string of the molecule is CO[C@@H](c1nc2cc(C(=O)N(C)C)ccc2[nH]1)C1CCC(c2ccnc3ccc(F)cc23)CC1. The molecule has 1 amide bonds. The maximum absolute atomic E-state index is 13.9. The number of H-pyrrole nitrogens is 1. The third-order valence-corrected chi connectivity index (χ3v) is 7.06. The molecule has 0 saturated heterocycles. The van der Waals surface area contributed by atoms with Crippen LogP contribution < -0.4 is 0 Å². The second-order valence-electron chi connectivity index (χ2n) is 9.38. The molecule has 1 aliphatic carbocycles. The van der Waals surface area contributed by atoms with Gasteiger partial charge in [-0.15, -0.1) is 0 Å². The predicted octanol–water partition coefficient (Wildman–Crippen LogP) is 5.61. The first-order valence-corrected chi connectivity index (χ1v) is 11.7. The number of benzene rings is 2. The number of methoxy groups -OCH3 is 1. The summed E-state index contributed by atoms with van der Waals surface area (Å²) in [5.41, 5.74) is 4.30. The lowest BCUT2D eigenvalue weighted by Crippen LogP contribution is -2.22. The van der Waals surface area contributed by atoms with E-state index in [1.165, 1.54) is 11.6 Å². The van der Waals surface area contributed by atoms with E-state index in [1.54, 1.807) is 38.2 Å². The molecule has 176 valence electrons. The number of nitrogens with zero attached hydrogens (tertiary/aromatic N) is 3. The Morgan fingerprint density at radius 1 is 1.09 bits per heavy atom. The van der Waals surface area contributed by atoms with Crippen LogP contribution in [-0.4, -0.2) is 47.0 Å². The molecule has 0 spiro atoms. The van der Waals surface area contributed by atoms with Crippen LogP contribution in [0, 0.1) is 11.7 Å². The Balaban J connectivity index is 1.34. The number of amides is 1. The quantitative estimate of drug-likeness (QED) is 0.420. The van der Waals surface area contributed by atoms with Gasteiger partial charge in [-0.1, -0.05) is 0 Å². The Kier molecular flexibility index (Phi) is 6.04. The molecule has 2 heterocycles. The van der Waals surface area contributed by atoms with Gasteiger partial charge in [-0.2, -0.15) is 0 Å². The zero-order valence-electron chi connectivity index (χ0n) is 19.7. The van der Waals surface area contributed by atoms with Crippen molar-refractivity contribution in [1.82, 2.24) is 19.9 Å². The zero-order chi connectivity index (χ0) is 23.8. The molecule has 1 atom stereocenters. The molecule has 5 rings (SSSR count). The number of rotatable bonds is 5. The second kappa shape index (κ2) is 9.14. The van der Waals surface area contributed by atoms with E-state index in [4.69, 9.17) is 9.72 Å². The molecule has 34 heavy (non-hydrogen) atoms. The number of aromatic amines is 1. The average molecular weight is 461 g/mol. The zero-order valence-corrected chi connectivity index (χ0v) is 19.7. The fourth-order valence-corrected chi connectivity index (χ4v) is 5.31. The van der Waals surface area contributed by atoms with Gasteiger partial charge in [0.1, 0.15) is 17.7 Å². The van der Waals surface area contributed by atoms with Crippen molar-refractivity contribution < 1.29 is 13.9 Å². The van der Waals surface area contributed by atoms with Gasteiger partial charge in [0.25, 0.3) is 5.91 Å². The summed E-state index contributed by atoms with van der Waals surface area (Å²) in [5.74, 6) is 1.23. The van der Waals surface area contributed by atoms with Crippen LogP contribution in [0.1, 0.15) is 59.5 Å². The molecular weight excluding hydrogens is 431 g/mol. The van der Waals surface area contributed by atoms with Crippen LogP contribution >= 0.6 is 0 Å². The number of halogens is 1. The minimum absolute atomic E-state index is 0.0448. The Morgan fingerprint density at radius 2 is 1.88 bits per heavy atom. The lowest BCUT2D eigenvalue weighted by Gasteiger charge is -2.33. The molecule has 0 bridgehead atoms. The molecule has 1 N–H and O–H groups in total. The van der Waals surface area contributed by atoms with Crippen molar-refractivity contribution in [1.29, 1.82) is 0 Å². The number of imidazole rings is 1. The van der Waals surface area contributed by atoms with Crippen molar-refractivity contribution in [2.45, 2.75) is 37.7 Å². The molecule has 6 nitrogen and oxygen atoms in total. The largest absolute Gasteiger partial charge is 0.373 e. The van der Waals surface area contributed by atoms with Gasteiger partial charge in [-0.25, -0.2) is 9.37 Å². The summed E-state index contributed by atoms with van der Waals surface area (Å²) in [6.07, 6.45) is 5.66. The Bertz CT molecular complexity index is 1340. The highest BCUT2D eigenvalue weighted by molar-refractivity contribution is 5.97. The first-order chi connectivity index (χ1) is 16.4. The number of hydrogen-bond acceptors (Lipinski definition) is 4. The fraction of sp³-hybridized carbons (Fsp3) is 0.370. The average Bonchev–Trinajstić information content (AvgIpc) is 3.27. The van der Waals surface area contributed by atoms with Crippen molar-refractivity contribution in [3.63, 3.8) is 0 Å². The number of fused-ring (bicyclic) bond motifs is 2. The number of hydrogen-bond donors (Lipinski definition) is 1. The van der Waals surface area contributed by atoms with Crippen LogP contribution in [-0.2, 0) is 4.74 Å². The third-order valence-electron chi connectivity index (χ3n) is 7.06. The van der Waals surface area contributed by atoms with Gasteiger partial charge >= 0.3 is 0 Å². The standard InChI is InChI=1S/C27H29FN4O2/c1-32(2)27(33)18-8-10-23-24(14-18)31-26(30-23)25(34-3)17-6-4-16(5-7-17)20-12-13-29-22-11-9-19(28)15-21(20)22/h8-17,25H,4-7H2,1-3H3,(H,30,31)/t16?,17?,25-/m1/s1. The molecule has 1 saturated carbocycles. The van der Waals surface area contributed by atoms with E-state index in [9.17, 15) is 9.18 Å². The van der Waals surface area contributed by atoms with Crippen LogP contribution in [0.5, 0.6) is 0 Å². The molecule has 7 heteroatoms. The maximum Gasteiger partial charge on any atom is 0.253 e. The topological polar surface area (TPSA) is 71.1 Å². The Morgan fingerprint density at radius 3 is 2.62 bits per heavy atom. The van der Waals surface area contributed by atoms with E-state index < -0.39 is 0 Å². The number of carbonyl (C=O) groups excluding carboxylic acids is 1. The van der Waals surface area contributed by atoms with Gasteiger partial charge in [0, 0.05) is 38.4 Å². The van der Waals surface area contributed by atoms with Crippen LogP contribution in [0.3, 0.4) is 0 Å². The number of aromatic nitrogens is 3. The van der Waals surface area contributed by atoms with Crippen molar-refractivity contribution in [3.8, 4) is 0 Å². The van der Waals surface area contributed by atoms with E-state index in [2.05, 4.69) is 9.97 Å². The van der Waals surface area contributed by atoms with Crippen LogP contribution in [0.15, 0.2) is 48.7 Å². The summed E-state index contributed by atoms with van der Waals surface area (Å²) in [6, 6.07) is 12.4. The molecule has 0 radical (unpaired) electrons. The molecular formula is C27H29FN4O2. The fourth-order valence-electron chi connectivity index (χ4n) is 5.31. The van der Waals surface area contributed by atoms with Gasteiger partial charge in [-0.3, -0.25) is 9.78 Å². The maximum atomic E-state index is 13.9. The van der Waals surface area contributed by atoms with E-state index in [1.807, 2.05) is 30.5 Å². The number of ether oxygens (including phenoxy) is 1. The van der Waals surface area contributed by atoms with Crippen molar-refractivity contribution >= 4 is 27.8 Å². The smallest absolute Gasteiger partial charge is 0.253 e. The minimum Gasteiger partial charge on any atom is -0.373 e. The molecule has 4 aromatic rings. The van der Waals surface area contributed by atoms with Crippen LogP contribution in [0.4, 0.5) is 4.39 Å². The third kappa shape index (κ3) is 4.16. The normalized spacial score (nSPS) is 19.4. The van der Waals surface area contributed by atoms with Crippen molar-refractivity contribution in [2.75, 3.05) is 21.2 Å². The highest BCUT2D eigenvalue weighted by Gasteiger charge is 2.31. The van der Waals surface area contributed by atoms with E-state index in [-0.39, 0.29) is 17.8 Å². The minimum atomic E-state index is -0.227. The lowest BCUT2D eigenvalue weighted by atomic mass is 9.76. The summed E-state index contributed by atoms with van der Waals surface area (Å²) in [5, 5.41) is 0.912. The Labute approximate surface area is 198 Å². The van der Waals surface area contributed by atoms with Gasteiger partial charge in [-0.05, 0) is 85.5 Å². The molecule has 0 aliphatic heterocycles. The van der Waals surface area contributed by atoms with Gasteiger partial charge in [0.05, 0.1) is 16.6 Å². The predicted molar refractivity (Wildman–Crippen MR) is 130 cm³/mol. The van der Waals surface area contributed by atoms with Crippen LogP contribution in [0.2, 0.25) is 0 Å². The second-order valence-corrected chi connectivity index (χ2v) is 9.38. The van der Waals surface area contributed by atoms with E-state index >= 15 is 0 Å². The molecule has 0 unspecified atom stereocenters. The number of pyridine rings is 1. The summed E-state index contributed by atoms with van der Waals surface area (Å²) in [4.78, 5) is 26.5. The number of nitrogens with one attached hydrogen (secondary N) is 1. The van der Waals surface area contributed by atoms with Gasteiger partial charge < -0.3 is 14.6 Å². The molecule has 2 aromatic carbocycles. The van der Waals surface area contributed by atoms with Gasteiger partial charge in [0.15, 0.2) is 0 Å². The molecule has 2 aromatic heterocycles. The first kappa shape index (κ1) is 22.5. The van der Waals surface area contributed by atoms with E-state index in [0.717, 1.165) is 53.4 Å². The number of carbonyl (C=O) groups is 1. The highest BCUT2D eigenvalue weighted by Crippen LogP contribution is 2.43. The Hall–Kier alpha value is -3.32. The highest BCUT2D eigenvalue weighted by atomic mass is 19.1. The van der Waals surface area contributed by atoms with E-state index in [0.29, 0.717) is 17.4 Å². The van der Waals surface area contributed by atoms with Crippen molar-refractivity contribution in [3.05, 3.63) is 71.4 Å².